The maximum Gasteiger partial charge on any atom is 0.411 e. The van der Waals surface area contributed by atoms with Gasteiger partial charge in [-0.05, 0) is 53.7 Å². The van der Waals surface area contributed by atoms with Gasteiger partial charge in [0.1, 0.15) is 28.9 Å². The lowest BCUT2D eigenvalue weighted by Gasteiger charge is -2.40. The fraction of sp³-hybridized carbons (Fsp3) is 0.489. The molecular weight excluding hydrogens is 929 g/mol. The van der Waals surface area contributed by atoms with Crippen LogP contribution in [-0.4, -0.2) is 171 Å². The number of ether oxygens (including phenoxy) is 9. The molecule has 0 saturated carbocycles. The first kappa shape index (κ1) is 54.0. The Labute approximate surface area is 412 Å². The third kappa shape index (κ3) is 14.1. The Balaban J connectivity index is 0.000000264. The summed E-state index contributed by atoms with van der Waals surface area (Å²) in [7, 11) is 10.5. The van der Waals surface area contributed by atoms with E-state index in [-0.39, 0.29) is 26.2 Å². The molecule has 24 nitrogen and oxygen atoms in total. The number of methoxy groups -OCH3 is 7. The quantitative estimate of drug-likeness (QED) is 0.103. The van der Waals surface area contributed by atoms with Crippen molar-refractivity contribution in [2.45, 2.75) is 64.8 Å². The van der Waals surface area contributed by atoms with Crippen LogP contribution in [-0.2, 0) is 23.8 Å². The summed E-state index contributed by atoms with van der Waals surface area (Å²) >= 11 is 0. The molecule has 2 amide bonds. The molecule has 24 heteroatoms. The largest absolute Gasteiger partial charge is 0.493 e. The van der Waals surface area contributed by atoms with Crippen LogP contribution in [0, 0.1) is 0 Å². The highest BCUT2D eigenvalue weighted by atomic mass is 16.6. The summed E-state index contributed by atoms with van der Waals surface area (Å²) in [6, 6.07) is 8.41. The van der Waals surface area contributed by atoms with E-state index in [4.69, 9.17) is 42.6 Å². The number of carboxylic acids is 1. The highest BCUT2D eigenvalue weighted by Crippen LogP contribution is 2.42. The minimum absolute atomic E-state index is 0.0508. The Bertz CT molecular complexity index is 2450. The van der Waals surface area contributed by atoms with Gasteiger partial charge in [-0.1, -0.05) is 0 Å². The minimum atomic E-state index is -1.12. The average molecular weight is 993 g/mol. The zero-order valence-electron chi connectivity index (χ0n) is 42.3. The molecular formula is C47H64N10O14. The van der Waals surface area contributed by atoms with Crippen LogP contribution in [0.25, 0.3) is 0 Å². The molecule has 2 aromatic heterocycles. The molecule has 4 aromatic rings. The summed E-state index contributed by atoms with van der Waals surface area (Å²) in [5.74, 6) is 2.88. The lowest BCUT2D eigenvalue weighted by molar-refractivity contribution is -0.147. The number of rotatable bonds is 14. The predicted octanol–water partition coefficient (Wildman–Crippen LogP) is 5.60. The monoisotopic (exact) mass is 992 g/mol. The van der Waals surface area contributed by atoms with Crippen molar-refractivity contribution in [3.8, 4) is 34.5 Å². The van der Waals surface area contributed by atoms with Crippen LogP contribution < -0.4 is 48.9 Å². The van der Waals surface area contributed by atoms with Crippen LogP contribution in [0.15, 0.2) is 48.8 Å². The first-order valence-corrected chi connectivity index (χ1v) is 22.3. The smallest absolute Gasteiger partial charge is 0.411 e. The number of carbonyl (C=O) groups is 4. The Morgan fingerprint density at radius 3 is 1.25 bits per heavy atom. The van der Waals surface area contributed by atoms with Crippen LogP contribution in [0.1, 0.15) is 41.5 Å². The third-order valence-electron chi connectivity index (χ3n) is 10.5. The summed E-state index contributed by atoms with van der Waals surface area (Å²) in [4.78, 5) is 73.7. The summed E-state index contributed by atoms with van der Waals surface area (Å²) in [6.45, 7) is 12.0. The Hall–Kier alpha value is -7.92. The van der Waals surface area contributed by atoms with Gasteiger partial charge in [-0.2, -0.15) is 9.97 Å². The van der Waals surface area contributed by atoms with Gasteiger partial charge < -0.3 is 68.2 Å². The molecule has 2 aliphatic rings. The third-order valence-corrected chi connectivity index (χ3v) is 10.5. The SMILES string of the molecule is COC(=O)C1CN(c2ccnc(Nc3cc(OC)c(OC)c(OC)c3)n2)CCN1C(=O)OC(C)(C)C.COc1cc(Nc2nccc(N3CCN(C(=O)OC(C)(C)C)C(C(=O)O)C3)n2)cc(OC)c1OC. The Morgan fingerprint density at radius 1 is 0.563 bits per heavy atom. The second kappa shape index (κ2) is 23.6. The van der Waals surface area contributed by atoms with E-state index in [1.165, 1.54) is 59.6 Å². The van der Waals surface area contributed by atoms with Crippen molar-refractivity contribution in [3.63, 3.8) is 0 Å². The van der Waals surface area contributed by atoms with Gasteiger partial charge in [-0.15, -0.1) is 0 Å². The molecule has 2 saturated heterocycles. The number of carboxylic acid groups (broad SMARTS) is 1. The molecule has 2 aliphatic heterocycles. The van der Waals surface area contributed by atoms with Gasteiger partial charge in [0.15, 0.2) is 29.0 Å². The maximum atomic E-state index is 12.7. The fourth-order valence-corrected chi connectivity index (χ4v) is 7.35. The van der Waals surface area contributed by atoms with Gasteiger partial charge in [-0.25, -0.2) is 29.1 Å². The molecule has 0 bridgehead atoms. The number of esters is 1. The van der Waals surface area contributed by atoms with Gasteiger partial charge in [0.2, 0.25) is 23.4 Å². The molecule has 2 fully saturated rings. The van der Waals surface area contributed by atoms with E-state index < -0.39 is 47.4 Å². The fourth-order valence-electron chi connectivity index (χ4n) is 7.35. The maximum absolute atomic E-state index is 12.7. The molecule has 4 heterocycles. The summed E-state index contributed by atoms with van der Waals surface area (Å²) in [5, 5.41) is 16.0. The van der Waals surface area contributed by atoms with Gasteiger partial charge >= 0.3 is 24.1 Å². The van der Waals surface area contributed by atoms with Crippen molar-refractivity contribution in [2.24, 2.45) is 0 Å². The van der Waals surface area contributed by atoms with Crippen LogP contribution in [0.4, 0.5) is 44.5 Å². The Kier molecular flexibility index (Phi) is 18.0. The van der Waals surface area contributed by atoms with Crippen LogP contribution in [0.3, 0.4) is 0 Å². The lowest BCUT2D eigenvalue weighted by Crippen LogP contribution is -2.59. The second-order valence-electron chi connectivity index (χ2n) is 17.7. The lowest BCUT2D eigenvalue weighted by atomic mass is 10.1. The summed E-state index contributed by atoms with van der Waals surface area (Å²) < 4.78 is 48.1. The molecule has 2 aromatic carbocycles. The van der Waals surface area contributed by atoms with Crippen molar-refractivity contribution in [1.82, 2.24) is 29.7 Å². The first-order valence-electron chi connectivity index (χ1n) is 22.3. The molecule has 386 valence electrons. The first-order chi connectivity index (χ1) is 33.6. The van der Waals surface area contributed by atoms with E-state index in [9.17, 15) is 24.3 Å². The number of hydrogen-bond acceptors (Lipinski definition) is 21. The summed E-state index contributed by atoms with van der Waals surface area (Å²) in [5.41, 5.74) is -0.176. The number of hydrogen-bond donors (Lipinski definition) is 3. The zero-order chi connectivity index (χ0) is 52.2. The number of amides is 2. The topological polar surface area (TPSA) is 260 Å². The number of nitrogens with one attached hydrogen (secondary N) is 2. The number of anilines is 6. The number of aliphatic carboxylic acids is 1. The Morgan fingerprint density at radius 2 is 0.930 bits per heavy atom. The normalized spacial score (nSPS) is 15.8. The molecule has 0 aliphatic carbocycles. The van der Waals surface area contributed by atoms with Crippen LogP contribution in [0.5, 0.6) is 34.5 Å². The molecule has 6 rings (SSSR count). The van der Waals surface area contributed by atoms with Gasteiger partial charge in [0.25, 0.3) is 0 Å². The van der Waals surface area contributed by atoms with Crippen molar-refractivity contribution >= 4 is 59.0 Å². The average Bonchev–Trinajstić information content (AvgIpc) is 3.34. The highest BCUT2D eigenvalue weighted by Gasteiger charge is 2.40. The van der Waals surface area contributed by atoms with E-state index in [1.54, 1.807) is 95.2 Å². The van der Waals surface area contributed by atoms with E-state index >= 15 is 0 Å². The number of benzene rings is 2. The molecule has 0 radical (unpaired) electrons. The minimum Gasteiger partial charge on any atom is -0.493 e. The van der Waals surface area contributed by atoms with Crippen LogP contribution in [0.2, 0.25) is 0 Å². The van der Waals surface area contributed by atoms with Crippen molar-refractivity contribution in [3.05, 3.63) is 48.8 Å². The molecule has 0 spiro atoms. The number of nitrogens with zero attached hydrogens (tertiary/aromatic N) is 8. The molecule has 2 unspecified atom stereocenters. The van der Waals surface area contributed by atoms with E-state index in [2.05, 4.69) is 30.6 Å². The van der Waals surface area contributed by atoms with Gasteiger partial charge in [0, 0.05) is 74.2 Å². The van der Waals surface area contributed by atoms with Crippen LogP contribution >= 0.6 is 0 Å². The second-order valence-corrected chi connectivity index (χ2v) is 17.7. The van der Waals surface area contributed by atoms with E-state index in [1.807, 2.05) is 4.90 Å². The standard InChI is InChI=1S/C24H33N5O7.C23H31N5O7/c1-24(2,3)36-23(31)29-11-10-28(14-16(29)21(30)35-7)19-8-9-25-22(27-19)26-15-12-17(32-4)20(34-6)18(13-15)33-5;1-23(2,3)35-22(31)28-10-9-27(13-15(28)20(29)30)18-7-8-24-21(26-18)25-14-11-16(32-4)19(34-6)17(12-14)33-5/h8-9,12-13,16H,10-11,14H2,1-7H3,(H,25,26,27);7-8,11-12,15H,9-10,13H2,1-6H3,(H,29,30)(H,24,25,26). The highest BCUT2D eigenvalue weighted by molar-refractivity contribution is 5.83. The van der Waals surface area contributed by atoms with Gasteiger partial charge in [-0.3, -0.25) is 9.80 Å². The van der Waals surface area contributed by atoms with Crippen molar-refractivity contribution in [1.29, 1.82) is 0 Å². The zero-order valence-corrected chi connectivity index (χ0v) is 42.3. The molecule has 71 heavy (non-hydrogen) atoms. The van der Waals surface area contributed by atoms with E-state index in [0.717, 1.165) is 0 Å². The molecule has 2 atom stereocenters. The van der Waals surface area contributed by atoms with Crippen molar-refractivity contribution in [2.75, 3.05) is 109 Å². The number of carbonyl (C=O) groups excluding carboxylic acids is 3. The summed E-state index contributed by atoms with van der Waals surface area (Å²) in [6.07, 6.45) is 1.95. The van der Waals surface area contributed by atoms with Gasteiger partial charge in [0.05, 0.1) is 62.9 Å². The number of aromatic nitrogens is 4. The predicted molar refractivity (Wildman–Crippen MR) is 260 cm³/mol. The van der Waals surface area contributed by atoms with Crippen molar-refractivity contribution < 1.29 is 66.9 Å². The molecule has 3 N–H and O–H groups in total. The van der Waals surface area contributed by atoms with E-state index in [0.29, 0.717) is 82.5 Å². The number of piperazine rings is 2.